The van der Waals surface area contributed by atoms with Gasteiger partial charge in [0.25, 0.3) is 0 Å². The molecule has 0 amide bonds. The Kier molecular flexibility index (Phi) is 8.63. The van der Waals surface area contributed by atoms with E-state index in [9.17, 15) is 4.39 Å². The summed E-state index contributed by atoms with van der Waals surface area (Å²) in [4.78, 5) is 10.1. The maximum absolute atomic E-state index is 13.0. The maximum atomic E-state index is 13.0. The Balaban J connectivity index is 0.00000300. The number of rotatable bonds is 7. The van der Waals surface area contributed by atoms with E-state index in [2.05, 4.69) is 52.0 Å². The van der Waals surface area contributed by atoms with Crippen molar-refractivity contribution in [2.24, 2.45) is 4.99 Å². The third-order valence-corrected chi connectivity index (χ3v) is 5.66. The van der Waals surface area contributed by atoms with Gasteiger partial charge in [0, 0.05) is 42.4 Å². The van der Waals surface area contributed by atoms with Crippen LogP contribution in [0.2, 0.25) is 0 Å². The van der Waals surface area contributed by atoms with E-state index < -0.39 is 0 Å². The molecule has 1 aromatic carbocycles. The first-order chi connectivity index (χ1) is 13.5. The first-order valence-electron chi connectivity index (χ1n) is 9.17. The Morgan fingerprint density at radius 1 is 1.21 bits per heavy atom. The van der Waals surface area contributed by atoms with Gasteiger partial charge in [-0.15, -0.1) is 35.3 Å². The topological polar surface area (TPSA) is 62.5 Å². The number of hydrogen-bond donors (Lipinski definition) is 2. The lowest BCUT2D eigenvalue weighted by Crippen LogP contribution is -2.43. The fourth-order valence-electron chi connectivity index (χ4n) is 2.73. The summed E-state index contributed by atoms with van der Waals surface area (Å²) in [6.45, 7) is 5.89. The summed E-state index contributed by atoms with van der Waals surface area (Å²) >= 11 is 1.77. The van der Waals surface area contributed by atoms with Crippen molar-refractivity contribution in [1.82, 2.24) is 15.6 Å². The zero-order valence-corrected chi connectivity index (χ0v) is 19.9. The first kappa shape index (κ1) is 23.3. The number of benzene rings is 1. The third-order valence-electron chi connectivity index (χ3n) is 4.43. The molecule has 3 aromatic rings. The van der Waals surface area contributed by atoms with E-state index in [0.29, 0.717) is 18.9 Å². The van der Waals surface area contributed by atoms with Gasteiger partial charge in [0.15, 0.2) is 5.96 Å². The second-order valence-corrected chi connectivity index (χ2v) is 8.06. The minimum atomic E-state index is -0.277. The lowest BCUT2D eigenvalue weighted by Gasteiger charge is -2.25. The number of aromatic nitrogens is 1. The Hall–Kier alpha value is -1.94. The molecular weight excluding hydrogens is 502 g/mol. The molecule has 156 valence electrons. The molecule has 2 N–H and O–H groups in total. The van der Waals surface area contributed by atoms with Crippen LogP contribution >= 0.6 is 35.3 Å². The molecule has 0 aliphatic heterocycles. The number of oxazole rings is 1. The van der Waals surface area contributed by atoms with Crippen molar-refractivity contribution in [1.29, 1.82) is 0 Å². The quantitative estimate of drug-likeness (QED) is 0.262. The number of guanidine groups is 1. The van der Waals surface area contributed by atoms with Crippen LogP contribution < -0.4 is 10.6 Å². The molecule has 0 saturated heterocycles. The molecule has 0 unspecified atom stereocenters. The number of hydrogen-bond acceptors (Lipinski definition) is 4. The summed E-state index contributed by atoms with van der Waals surface area (Å²) in [7, 11) is 1.76. The van der Waals surface area contributed by atoms with E-state index in [1.807, 2.05) is 0 Å². The molecule has 0 aliphatic rings. The minimum Gasteiger partial charge on any atom is -0.444 e. The smallest absolute Gasteiger partial charge is 0.226 e. The van der Waals surface area contributed by atoms with Gasteiger partial charge in [-0.1, -0.05) is 19.9 Å². The van der Waals surface area contributed by atoms with E-state index in [1.54, 1.807) is 36.8 Å². The Labute approximate surface area is 191 Å². The summed E-state index contributed by atoms with van der Waals surface area (Å²) in [5.41, 5.74) is 1.62. The van der Waals surface area contributed by atoms with Gasteiger partial charge in [0.05, 0.1) is 5.69 Å². The molecule has 2 heterocycles. The van der Waals surface area contributed by atoms with Gasteiger partial charge in [-0.2, -0.15) is 0 Å². The van der Waals surface area contributed by atoms with Crippen molar-refractivity contribution in [2.45, 2.75) is 25.7 Å². The van der Waals surface area contributed by atoms with E-state index in [0.717, 1.165) is 23.8 Å². The van der Waals surface area contributed by atoms with Gasteiger partial charge in [0.2, 0.25) is 5.89 Å². The van der Waals surface area contributed by atoms with Crippen LogP contribution in [-0.2, 0) is 11.8 Å². The summed E-state index contributed by atoms with van der Waals surface area (Å²) in [6, 6.07) is 10.3. The largest absolute Gasteiger partial charge is 0.444 e. The molecule has 0 fully saturated rings. The lowest BCUT2D eigenvalue weighted by molar-refractivity contribution is 0.518. The summed E-state index contributed by atoms with van der Waals surface area (Å²) in [6.07, 6.45) is 2.33. The first-order valence-corrected chi connectivity index (χ1v) is 10.0. The number of halogens is 2. The highest BCUT2D eigenvalue weighted by Gasteiger charge is 2.21. The van der Waals surface area contributed by atoms with Gasteiger partial charge in [-0.25, -0.2) is 9.37 Å². The molecule has 0 saturated carbocycles. The van der Waals surface area contributed by atoms with Crippen molar-refractivity contribution in [3.05, 3.63) is 64.4 Å². The van der Waals surface area contributed by atoms with Crippen LogP contribution in [0, 0.1) is 5.82 Å². The molecule has 0 radical (unpaired) electrons. The molecule has 5 nitrogen and oxygen atoms in total. The number of nitrogens with one attached hydrogen (secondary N) is 2. The fourth-order valence-corrected chi connectivity index (χ4v) is 3.58. The predicted octanol–water partition coefficient (Wildman–Crippen LogP) is 4.85. The van der Waals surface area contributed by atoms with Crippen LogP contribution in [0.15, 0.2) is 57.5 Å². The Bertz CT molecular complexity index is 907. The van der Waals surface area contributed by atoms with E-state index in [4.69, 9.17) is 4.42 Å². The van der Waals surface area contributed by atoms with E-state index >= 15 is 0 Å². The highest BCUT2D eigenvalue weighted by Crippen LogP contribution is 2.26. The highest BCUT2D eigenvalue weighted by atomic mass is 127. The molecule has 8 heteroatoms. The summed E-state index contributed by atoms with van der Waals surface area (Å²) in [5.74, 6) is 0.975. The van der Waals surface area contributed by atoms with Crippen LogP contribution in [0.3, 0.4) is 0 Å². The maximum Gasteiger partial charge on any atom is 0.226 e. The Morgan fingerprint density at radius 3 is 2.62 bits per heavy atom. The molecule has 0 bridgehead atoms. The second-order valence-electron chi connectivity index (χ2n) is 7.11. The molecule has 3 rings (SSSR count). The van der Waals surface area contributed by atoms with Gasteiger partial charge < -0.3 is 15.1 Å². The molecule has 0 aliphatic carbocycles. The zero-order valence-electron chi connectivity index (χ0n) is 16.7. The van der Waals surface area contributed by atoms with Gasteiger partial charge in [-0.05, 0) is 35.7 Å². The predicted molar refractivity (Wildman–Crippen MR) is 128 cm³/mol. The van der Waals surface area contributed by atoms with Crippen LogP contribution in [0.4, 0.5) is 4.39 Å². The molecule has 0 spiro atoms. The summed E-state index contributed by atoms with van der Waals surface area (Å²) < 4.78 is 18.5. The van der Waals surface area contributed by atoms with Crippen molar-refractivity contribution in [2.75, 3.05) is 20.1 Å². The highest BCUT2D eigenvalue weighted by molar-refractivity contribution is 14.0. The average Bonchev–Trinajstić information content (AvgIpc) is 3.37. The van der Waals surface area contributed by atoms with Crippen molar-refractivity contribution in [3.63, 3.8) is 0 Å². The Morgan fingerprint density at radius 2 is 1.97 bits per heavy atom. The number of thiophene rings is 1. The average molecular weight is 528 g/mol. The number of nitrogens with zero attached hydrogens (tertiary/aromatic N) is 2. The molecule has 2 aromatic heterocycles. The van der Waals surface area contributed by atoms with E-state index in [1.165, 1.54) is 17.0 Å². The van der Waals surface area contributed by atoms with Gasteiger partial charge >= 0.3 is 0 Å². The lowest BCUT2D eigenvalue weighted by atomic mass is 9.91. The molecule has 0 atom stereocenters. The molecular formula is C21H26FIN4OS. The van der Waals surface area contributed by atoms with Crippen LogP contribution in [0.25, 0.3) is 11.5 Å². The second kappa shape index (κ2) is 10.7. The summed E-state index contributed by atoms with van der Waals surface area (Å²) in [5, 5.41) is 8.79. The monoisotopic (exact) mass is 528 g/mol. The SMILES string of the molecule is CN=C(NCCc1coc(-c2ccc(F)cc2)n1)NCC(C)(C)c1cccs1.I. The fraction of sp³-hybridized carbons (Fsp3) is 0.333. The van der Waals surface area contributed by atoms with Crippen LogP contribution in [0.5, 0.6) is 0 Å². The van der Waals surface area contributed by atoms with E-state index in [-0.39, 0.29) is 35.2 Å². The standard InChI is InChI=1S/C21H25FN4OS.HI/c1-21(2,18-5-4-12-28-18)14-25-20(23-3)24-11-10-17-13-27-19(26-17)15-6-8-16(22)9-7-15;/h4-9,12-13H,10-11,14H2,1-3H3,(H2,23,24,25);1H. The van der Waals surface area contributed by atoms with Gasteiger partial charge in [0.1, 0.15) is 12.1 Å². The zero-order chi connectivity index (χ0) is 20.0. The van der Waals surface area contributed by atoms with Crippen LogP contribution in [0.1, 0.15) is 24.4 Å². The number of aliphatic imine (C=N–C) groups is 1. The third kappa shape index (κ3) is 6.53. The normalized spacial score (nSPS) is 11.8. The van der Waals surface area contributed by atoms with Crippen molar-refractivity contribution in [3.8, 4) is 11.5 Å². The van der Waals surface area contributed by atoms with Gasteiger partial charge in [-0.3, -0.25) is 4.99 Å². The minimum absolute atomic E-state index is 0. The van der Waals surface area contributed by atoms with Crippen molar-refractivity contribution < 1.29 is 8.81 Å². The van der Waals surface area contributed by atoms with Crippen LogP contribution in [-0.4, -0.2) is 31.1 Å². The van der Waals surface area contributed by atoms with Crippen molar-refractivity contribution >= 4 is 41.3 Å². The molecule has 29 heavy (non-hydrogen) atoms.